The first-order chi connectivity index (χ1) is 10.0. The van der Waals surface area contributed by atoms with Gasteiger partial charge in [0.2, 0.25) is 0 Å². The molecule has 0 bridgehead atoms. The summed E-state index contributed by atoms with van der Waals surface area (Å²) < 4.78 is 5.27. The van der Waals surface area contributed by atoms with Crippen LogP contribution in [0.4, 0.5) is 0 Å². The van der Waals surface area contributed by atoms with Gasteiger partial charge in [0.05, 0.1) is 12.0 Å². The molecule has 114 valence electrons. The normalized spacial score (nSPS) is 26.4. The van der Waals surface area contributed by atoms with Crippen LogP contribution in [0.5, 0.6) is 0 Å². The Hall–Kier alpha value is -1.92. The first-order valence-electron chi connectivity index (χ1n) is 6.79. The molecule has 2 N–H and O–H groups in total. The number of hydrogen-bond acceptors (Lipinski definition) is 4. The second-order valence-corrected chi connectivity index (χ2v) is 5.24. The SMILES string of the molecule is COC1CC(C(=O)O)C(C(=O)O)N(Cc2ccccc2)C1. The van der Waals surface area contributed by atoms with Crippen LogP contribution in [0.25, 0.3) is 0 Å². The number of rotatable bonds is 5. The number of carbonyl (C=O) groups is 2. The number of aliphatic carboxylic acids is 2. The lowest BCUT2D eigenvalue weighted by molar-refractivity contribution is -0.163. The molecule has 1 saturated heterocycles. The van der Waals surface area contributed by atoms with Crippen LogP contribution >= 0.6 is 0 Å². The molecule has 0 radical (unpaired) electrons. The number of likely N-dealkylation sites (tertiary alicyclic amines) is 1. The molecule has 0 spiro atoms. The second-order valence-electron chi connectivity index (χ2n) is 5.24. The van der Waals surface area contributed by atoms with Gasteiger partial charge in [-0.15, -0.1) is 0 Å². The van der Waals surface area contributed by atoms with Crippen LogP contribution in [0.15, 0.2) is 30.3 Å². The van der Waals surface area contributed by atoms with Crippen molar-refractivity contribution in [2.24, 2.45) is 5.92 Å². The molecule has 3 atom stereocenters. The van der Waals surface area contributed by atoms with Crippen LogP contribution in [0, 0.1) is 5.92 Å². The highest BCUT2D eigenvalue weighted by Gasteiger charge is 2.44. The molecule has 1 aliphatic heterocycles. The fourth-order valence-electron chi connectivity index (χ4n) is 2.83. The highest BCUT2D eigenvalue weighted by atomic mass is 16.5. The van der Waals surface area contributed by atoms with Crippen LogP contribution in [0.2, 0.25) is 0 Å². The molecule has 6 nitrogen and oxygen atoms in total. The molecule has 6 heteroatoms. The predicted octanol–water partition coefficient (Wildman–Crippen LogP) is 1.06. The Morgan fingerprint density at radius 1 is 1.24 bits per heavy atom. The molecule has 1 aromatic carbocycles. The minimum absolute atomic E-state index is 0.216. The van der Waals surface area contributed by atoms with E-state index in [0.29, 0.717) is 13.1 Å². The maximum absolute atomic E-state index is 11.5. The zero-order valence-corrected chi connectivity index (χ0v) is 11.8. The summed E-state index contributed by atoms with van der Waals surface area (Å²) in [4.78, 5) is 24.6. The third-order valence-corrected chi connectivity index (χ3v) is 3.86. The maximum Gasteiger partial charge on any atom is 0.321 e. The summed E-state index contributed by atoms with van der Waals surface area (Å²) in [5.41, 5.74) is 0.949. The van der Waals surface area contributed by atoms with Crippen LogP contribution < -0.4 is 0 Å². The number of nitrogens with zero attached hydrogens (tertiary/aromatic N) is 1. The molecule has 3 unspecified atom stereocenters. The van der Waals surface area contributed by atoms with Crippen molar-refractivity contribution in [2.45, 2.75) is 25.1 Å². The molecule has 2 rings (SSSR count). The number of carboxylic acid groups (broad SMARTS) is 2. The molecular weight excluding hydrogens is 274 g/mol. The minimum atomic E-state index is -1.10. The first kappa shape index (κ1) is 15.5. The van der Waals surface area contributed by atoms with E-state index >= 15 is 0 Å². The summed E-state index contributed by atoms with van der Waals surface area (Å²) in [5.74, 6) is -3.17. The van der Waals surface area contributed by atoms with E-state index in [0.717, 1.165) is 5.56 Å². The zero-order chi connectivity index (χ0) is 15.4. The van der Waals surface area contributed by atoms with Crippen molar-refractivity contribution in [2.75, 3.05) is 13.7 Å². The van der Waals surface area contributed by atoms with Crippen molar-refractivity contribution in [3.05, 3.63) is 35.9 Å². The van der Waals surface area contributed by atoms with Gasteiger partial charge in [-0.1, -0.05) is 30.3 Å². The molecule has 1 aliphatic rings. The highest BCUT2D eigenvalue weighted by molar-refractivity contribution is 5.83. The minimum Gasteiger partial charge on any atom is -0.481 e. The number of ether oxygens (including phenoxy) is 1. The summed E-state index contributed by atoms with van der Waals surface area (Å²) in [6, 6.07) is 8.38. The molecule has 1 heterocycles. The van der Waals surface area contributed by atoms with Crippen LogP contribution in [0.3, 0.4) is 0 Å². The fourth-order valence-corrected chi connectivity index (χ4v) is 2.83. The van der Waals surface area contributed by atoms with Crippen molar-refractivity contribution < 1.29 is 24.5 Å². The standard InChI is InChI=1S/C15H19NO5/c1-21-11-7-12(14(17)18)13(15(19)20)16(9-11)8-10-5-3-2-4-6-10/h2-6,11-13H,7-9H2,1H3,(H,17,18)(H,19,20). The summed E-state index contributed by atoms with van der Waals surface area (Å²) in [7, 11) is 1.52. The lowest BCUT2D eigenvalue weighted by atomic mass is 9.87. The maximum atomic E-state index is 11.5. The van der Waals surface area contributed by atoms with Gasteiger partial charge in [0.1, 0.15) is 6.04 Å². The number of hydrogen-bond donors (Lipinski definition) is 2. The van der Waals surface area contributed by atoms with E-state index in [9.17, 15) is 19.8 Å². The Labute approximate surface area is 122 Å². The van der Waals surface area contributed by atoms with Gasteiger partial charge in [0, 0.05) is 20.2 Å². The van der Waals surface area contributed by atoms with E-state index in [2.05, 4.69) is 0 Å². The van der Waals surface area contributed by atoms with E-state index in [-0.39, 0.29) is 12.5 Å². The Balaban J connectivity index is 2.25. The van der Waals surface area contributed by atoms with Gasteiger partial charge in [-0.2, -0.15) is 0 Å². The van der Waals surface area contributed by atoms with Crippen LogP contribution in [0.1, 0.15) is 12.0 Å². The number of benzene rings is 1. The Morgan fingerprint density at radius 3 is 2.43 bits per heavy atom. The van der Waals surface area contributed by atoms with Gasteiger partial charge < -0.3 is 14.9 Å². The van der Waals surface area contributed by atoms with Gasteiger partial charge in [-0.05, 0) is 12.0 Å². The van der Waals surface area contributed by atoms with Crippen molar-refractivity contribution >= 4 is 11.9 Å². The van der Waals surface area contributed by atoms with Crippen molar-refractivity contribution in [1.82, 2.24) is 4.90 Å². The topological polar surface area (TPSA) is 87.1 Å². The van der Waals surface area contributed by atoms with Crippen LogP contribution in [-0.2, 0) is 20.9 Å². The van der Waals surface area contributed by atoms with Crippen molar-refractivity contribution in [1.29, 1.82) is 0 Å². The fraction of sp³-hybridized carbons (Fsp3) is 0.467. The quantitative estimate of drug-likeness (QED) is 0.844. The van der Waals surface area contributed by atoms with Gasteiger partial charge in [-0.3, -0.25) is 14.5 Å². The summed E-state index contributed by atoms with van der Waals surface area (Å²) in [6.45, 7) is 0.799. The number of carboxylic acids is 2. The lowest BCUT2D eigenvalue weighted by Crippen LogP contribution is -2.56. The molecule has 0 amide bonds. The number of piperidine rings is 1. The average molecular weight is 293 g/mol. The molecule has 0 aliphatic carbocycles. The monoisotopic (exact) mass is 293 g/mol. The van der Waals surface area contributed by atoms with Gasteiger partial charge >= 0.3 is 11.9 Å². The van der Waals surface area contributed by atoms with E-state index in [4.69, 9.17) is 4.74 Å². The summed E-state index contributed by atoms with van der Waals surface area (Å²) in [6.07, 6.45) is -0.0564. The molecular formula is C15H19NO5. The van der Waals surface area contributed by atoms with E-state index in [1.54, 1.807) is 4.90 Å². The summed E-state index contributed by atoms with van der Waals surface area (Å²) in [5, 5.41) is 18.7. The van der Waals surface area contributed by atoms with E-state index < -0.39 is 23.9 Å². The van der Waals surface area contributed by atoms with E-state index in [1.165, 1.54) is 7.11 Å². The second kappa shape index (κ2) is 6.69. The number of methoxy groups -OCH3 is 1. The molecule has 0 saturated carbocycles. The van der Waals surface area contributed by atoms with Gasteiger partial charge in [0.15, 0.2) is 0 Å². The van der Waals surface area contributed by atoms with Crippen molar-refractivity contribution in [3.63, 3.8) is 0 Å². The lowest BCUT2D eigenvalue weighted by Gasteiger charge is -2.40. The molecule has 21 heavy (non-hydrogen) atoms. The first-order valence-corrected chi connectivity index (χ1v) is 6.79. The van der Waals surface area contributed by atoms with Crippen molar-refractivity contribution in [3.8, 4) is 0 Å². The Bertz CT molecular complexity index is 504. The smallest absolute Gasteiger partial charge is 0.321 e. The van der Waals surface area contributed by atoms with Gasteiger partial charge in [0.25, 0.3) is 0 Å². The summed E-state index contributed by atoms with van der Waals surface area (Å²) >= 11 is 0. The van der Waals surface area contributed by atoms with Gasteiger partial charge in [-0.25, -0.2) is 0 Å². The highest BCUT2D eigenvalue weighted by Crippen LogP contribution is 2.27. The Kier molecular flexibility index (Phi) is 4.93. The Morgan fingerprint density at radius 2 is 1.90 bits per heavy atom. The zero-order valence-electron chi connectivity index (χ0n) is 11.8. The molecule has 0 aromatic heterocycles. The third kappa shape index (κ3) is 3.59. The van der Waals surface area contributed by atoms with Crippen LogP contribution in [-0.4, -0.2) is 52.9 Å². The molecule has 1 fully saturated rings. The average Bonchev–Trinajstić information content (AvgIpc) is 2.47. The predicted molar refractivity (Wildman–Crippen MR) is 74.8 cm³/mol. The molecule has 1 aromatic rings. The van der Waals surface area contributed by atoms with E-state index in [1.807, 2.05) is 30.3 Å². The third-order valence-electron chi connectivity index (χ3n) is 3.86. The largest absolute Gasteiger partial charge is 0.481 e.